The molecule has 0 radical (unpaired) electrons. The second-order valence-electron chi connectivity index (χ2n) is 6.99. The highest BCUT2D eigenvalue weighted by molar-refractivity contribution is 6.06. The second-order valence-corrected chi connectivity index (χ2v) is 6.99. The van der Waals surface area contributed by atoms with Crippen molar-refractivity contribution >= 4 is 17.7 Å². The van der Waals surface area contributed by atoms with Gasteiger partial charge in [-0.05, 0) is 53.9 Å². The van der Waals surface area contributed by atoms with Gasteiger partial charge in [-0.15, -0.1) is 0 Å². The summed E-state index contributed by atoms with van der Waals surface area (Å²) in [7, 11) is 1.38. The summed E-state index contributed by atoms with van der Waals surface area (Å²) in [5, 5.41) is 2.94. The first kappa shape index (κ1) is 19.5. The van der Waals surface area contributed by atoms with Crippen LogP contribution < -0.4 is 10.1 Å². The molecular weight excluding hydrogens is 380 g/mol. The van der Waals surface area contributed by atoms with Crippen LogP contribution in [-0.2, 0) is 17.7 Å². The van der Waals surface area contributed by atoms with Crippen molar-refractivity contribution in [1.29, 1.82) is 0 Å². The number of carbonyl (C=O) groups excluding carboxylic acids is 2. The predicted molar refractivity (Wildman–Crippen MR) is 114 cm³/mol. The standard InChI is InChI=1S/C24H22N2O4/c1-29-24(28)26-14-13-17-11-12-19(15-18(17)16-26)25-23(27)21-9-5-6-10-22(21)30-20-7-3-2-4-8-20/h2-12,15H,13-14,16H2,1H3,(H,25,27). The van der Waals surface area contributed by atoms with E-state index in [1.807, 2.05) is 54.6 Å². The van der Waals surface area contributed by atoms with Crippen LogP contribution in [0.5, 0.6) is 11.5 Å². The number of anilines is 1. The zero-order valence-electron chi connectivity index (χ0n) is 16.6. The highest BCUT2D eigenvalue weighted by Crippen LogP contribution is 2.27. The summed E-state index contributed by atoms with van der Waals surface area (Å²) in [6.45, 7) is 1.08. The molecular formula is C24H22N2O4. The molecule has 30 heavy (non-hydrogen) atoms. The molecule has 0 saturated carbocycles. The number of rotatable bonds is 4. The Bertz CT molecular complexity index is 1070. The molecule has 0 bridgehead atoms. The number of carbonyl (C=O) groups is 2. The average molecular weight is 402 g/mol. The third-order valence-electron chi connectivity index (χ3n) is 5.01. The lowest BCUT2D eigenvalue weighted by Gasteiger charge is -2.28. The van der Waals surface area contributed by atoms with E-state index < -0.39 is 0 Å². The molecule has 0 aromatic heterocycles. The third kappa shape index (κ3) is 4.27. The van der Waals surface area contributed by atoms with Crippen LogP contribution in [-0.4, -0.2) is 30.6 Å². The van der Waals surface area contributed by atoms with E-state index in [0.29, 0.717) is 35.8 Å². The number of nitrogens with one attached hydrogen (secondary N) is 1. The van der Waals surface area contributed by atoms with Crippen molar-refractivity contribution in [3.63, 3.8) is 0 Å². The molecule has 0 fully saturated rings. The van der Waals surface area contributed by atoms with Gasteiger partial charge >= 0.3 is 6.09 Å². The SMILES string of the molecule is COC(=O)N1CCc2ccc(NC(=O)c3ccccc3Oc3ccccc3)cc2C1. The maximum Gasteiger partial charge on any atom is 0.409 e. The van der Waals surface area contributed by atoms with Crippen molar-refractivity contribution < 1.29 is 19.1 Å². The molecule has 4 rings (SSSR count). The van der Waals surface area contributed by atoms with Gasteiger partial charge in [0.05, 0.1) is 12.7 Å². The quantitative estimate of drug-likeness (QED) is 0.677. The number of fused-ring (bicyclic) bond motifs is 1. The Kier molecular flexibility index (Phi) is 5.66. The molecule has 0 unspecified atom stereocenters. The molecule has 1 N–H and O–H groups in total. The van der Waals surface area contributed by atoms with E-state index in [0.717, 1.165) is 12.0 Å². The van der Waals surface area contributed by atoms with Gasteiger partial charge in [0, 0.05) is 18.8 Å². The molecule has 0 spiro atoms. The van der Waals surface area contributed by atoms with E-state index in [2.05, 4.69) is 5.32 Å². The summed E-state index contributed by atoms with van der Waals surface area (Å²) in [4.78, 5) is 26.4. The van der Waals surface area contributed by atoms with Crippen LogP contribution in [0.15, 0.2) is 72.8 Å². The lowest BCUT2D eigenvalue weighted by molar-refractivity contribution is 0.102. The van der Waals surface area contributed by atoms with Crippen molar-refractivity contribution in [2.24, 2.45) is 0 Å². The van der Waals surface area contributed by atoms with E-state index in [4.69, 9.17) is 9.47 Å². The first-order chi connectivity index (χ1) is 14.6. The molecule has 0 saturated heterocycles. The molecule has 3 aromatic carbocycles. The van der Waals surface area contributed by atoms with Crippen LogP contribution in [0.25, 0.3) is 0 Å². The molecule has 1 aliphatic heterocycles. The van der Waals surface area contributed by atoms with Gasteiger partial charge in [0.25, 0.3) is 5.91 Å². The van der Waals surface area contributed by atoms with E-state index >= 15 is 0 Å². The fourth-order valence-electron chi connectivity index (χ4n) is 3.48. The maximum atomic E-state index is 12.9. The minimum atomic E-state index is -0.345. The van der Waals surface area contributed by atoms with Crippen LogP contribution in [0, 0.1) is 0 Å². The lowest BCUT2D eigenvalue weighted by Crippen LogP contribution is -2.35. The summed E-state index contributed by atoms with van der Waals surface area (Å²) in [5.41, 5.74) is 3.27. The molecule has 2 amide bonds. The number of para-hydroxylation sites is 2. The Morgan fingerprint density at radius 1 is 0.933 bits per heavy atom. The smallest absolute Gasteiger partial charge is 0.409 e. The zero-order valence-corrected chi connectivity index (χ0v) is 16.6. The highest BCUT2D eigenvalue weighted by atomic mass is 16.5. The monoisotopic (exact) mass is 402 g/mol. The Morgan fingerprint density at radius 3 is 2.50 bits per heavy atom. The molecule has 1 aliphatic rings. The average Bonchev–Trinajstić information content (AvgIpc) is 2.79. The van der Waals surface area contributed by atoms with Crippen LogP contribution in [0.3, 0.4) is 0 Å². The number of hydrogen-bond donors (Lipinski definition) is 1. The predicted octanol–water partition coefficient (Wildman–Crippen LogP) is 4.86. The van der Waals surface area contributed by atoms with Gasteiger partial charge in [0.1, 0.15) is 11.5 Å². The highest BCUT2D eigenvalue weighted by Gasteiger charge is 2.22. The zero-order chi connectivity index (χ0) is 20.9. The molecule has 152 valence electrons. The Hall–Kier alpha value is -3.80. The van der Waals surface area contributed by atoms with Gasteiger partial charge in [0.2, 0.25) is 0 Å². The molecule has 3 aromatic rings. The first-order valence-electron chi connectivity index (χ1n) is 9.72. The summed E-state index contributed by atoms with van der Waals surface area (Å²) in [5.74, 6) is 0.882. The van der Waals surface area contributed by atoms with Crippen LogP contribution in [0.1, 0.15) is 21.5 Å². The van der Waals surface area contributed by atoms with Crippen LogP contribution >= 0.6 is 0 Å². The topological polar surface area (TPSA) is 67.9 Å². The molecule has 0 aliphatic carbocycles. The number of nitrogens with zero attached hydrogens (tertiary/aromatic N) is 1. The normalized spacial score (nSPS) is 12.6. The van der Waals surface area contributed by atoms with Gasteiger partial charge < -0.3 is 19.7 Å². The number of hydrogen-bond acceptors (Lipinski definition) is 4. The fraction of sp³-hybridized carbons (Fsp3) is 0.167. The van der Waals surface area contributed by atoms with Crippen molar-refractivity contribution in [3.8, 4) is 11.5 Å². The summed E-state index contributed by atoms with van der Waals surface area (Å²) in [6, 6.07) is 22.2. The van der Waals surface area contributed by atoms with Gasteiger partial charge in [-0.3, -0.25) is 4.79 Å². The Labute approximate surface area is 175 Å². The van der Waals surface area contributed by atoms with Crippen molar-refractivity contribution in [3.05, 3.63) is 89.5 Å². The minimum Gasteiger partial charge on any atom is -0.457 e. The van der Waals surface area contributed by atoms with E-state index in [1.165, 1.54) is 12.7 Å². The third-order valence-corrected chi connectivity index (χ3v) is 5.01. The molecule has 1 heterocycles. The second kappa shape index (κ2) is 8.69. The molecule has 6 heteroatoms. The number of ether oxygens (including phenoxy) is 2. The summed E-state index contributed by atoms with van der Waals surface area (Å²) < 4.78 is 10.7. The van der Waals surface area contributed by atoms with Crippen LogP contribution in [0.4, 0.5) is 10.5 Å². The van der Waals surface area contributed by atoms with Crippen molar-refractivity contribution in [1.82, 2.24) is 4.90 Å². The van der Waals surface area contributed by atoms with Crippen LogP contribution in [0.2, 0.25) is 0 Å². The minimum absolute atomic E-state index is 0.262. The van der Waals surface area contributed by atoms with E-state index in [1.54, 1.807) is 23.1 Å². The maximum absolute atomic E-state index is 12.9. The first-order valence-corrected chi connectivity index (χ1v) is 9.72. The van der Waals surface area contributed by atoms with E-state index in [-0.39, 0.29) is 12.0 Å². The lowest BCUT2D eigenvalue weighted by atomic mass is 9.99. The van der Waals surface area contributed by atoms with Gasteiger partial charge in [0.15, 0.2) is 0 Å². The number of benzene rings is 3. The van der Waals surface area contributed by atoms with Crippen molar-refractivity contribution in [2.45, 2.75) is 13.0 Å². The number of amides is 2. The number of methoxy groups -OCH3 is 1. The summed E-state index contributed by atoms with van der Waals surface area (Å²) in [6.07, 6.45) is 0.411. The van der Waals surface area contributed by atoms with Crippen molar-refractivity contribution in [2.75, 3.05) is 19.0 Å². The molecule has 6 nitrogen and oxygen atoms in total. The Morgan fingerprint density at radius 2 is 1.70 bits per heavy atom. The van der Waals surface area contributed by atoms with Gasteiger partial charge in [-0.1, -0.05) is 36.4 Å². The van der Waals surface area contributed by atoms with E-state index in [9.17, 15) is 9.59 Å². The Balaban J connectivity index is 1.52. The van der Waals surface area contributed by atoms with Gasteiger partial charge in [-0.25, -0.2) is 4.79 Å². The largest absolute Gasteiger partial charge is 0.457 e. The molecule has 0 atom stereocenters. The summed E-state index contributed by atoms with van der Waals surface area (Å²) >= 11 is 0. The van der Waals surface area contributed by atoms with Gasteiger partial charge in [-0.2, -0.15) is 0 Å². The fourth-order valence-corrected chi connectivity index (χ4v) is 3.48.